The van der Waals surface area contributed by atoms with E-state index in [4.69, 9.17) is 15.1 Å². The molecule has 6 heteroatoms. The van der Waals surface area contributed by atoms with Gasteiger partial charge in [-0.15, -0.1) is 0 Å². The summed E-state index contributed by atoms with van der Waals surface area (Å²) in [5, 5.41) is 30.2. The molecule has 5 nitrogen and oxygen atoms in total. The van der Waals surface area contributed by atoms with Crippen LogP contribution in [0.4, 0.5) is 0 Å². The van der Waals surface area contributed by atoms with Crippen molar-refractivity contribution in [1.82, 2.24) is 5.32 Å². The number of aliphatic hydroxyl groups is 1. The molecule has 0 amide bonds. The number of nitrogens with one attached hydrogen (secondary N) is 1. The maximum absolute atomic E-state index is 9.64. The summed E-state index contributed by atoms with van der Waals surface area (Å²) in [6.45, 7) is 0.271. The first-order valence-electron chi connectivity index (χ1n) is 4.94. The number of halogens is 1. The lowest BCUT2D eigenvalue weighted by Gasteiger charge is -2.14. The molecule has 1 unspecified atom stereocenters. The van der Waals surface area contributed by atoms with E-state index in [9.17, 15) is 5.11 Å². The zero-order chi connectivity index (χ0) is 12.8. The third kappa shape index (κ3) is 3.33. The second kappa shape index (κ2) is 6.45. The highest BCUT2D eigenvalue weighted by Crippen LogP contribution is 2.36. The van der Waals surface area contributed by atoms with Gasteiger partial charge in [-0.3, -0.25) is 5.32 Å². The summed E-state index contributed by atoms with van der Waals surface area (Å²) in [6, 6.07) is 4.73. The molecule has 0 aliphatic heterocycles. The van der Waals surface area contributed by atoms with Crippen LogP contribution in [0.15, 0.2) is 16.6 Å². The SMILES string of the molecule is COc1cc(C(C#N)NCCO)cc(Br)c1O. The Labute approximate surface area is 108 Å². The van der Waals surface area contributed by atoms with Gasteiger partial charge in [-0.25, -0.2) is 0 Å². The lowest BCUT2D eigenvalue weighted by atomic mass is 10.1. The highest BCUT2D eigenvalue weighted by atomic mass is 79.9. The van der Waals surface area contributed by atoms with E-state index < -0.39 is 6.04 Å². The van der Waals surface area contributed by atoms with Crippen molar-refractivity contribution in [1.29, 1.82) is 5.26 Å². The molecule has 1 aromatic rings. The predicted octanol–water partition coefficient (Wildman–Crippen LogP) is 1.31. The number of nitriles is 1. The molecule has 0 radical (unpaired) electrons. The quantitative estimate of drug-likeness (QED) is 0.763. The van der Waals surface area contributed by atoms with Gasteiger partial charge in [-0.05, 0) is 33.6 Å². The van der Waals surface area contributed by atoms with Gasteiger partial charge in [0, 0.05) is 6.54 Å². The Balaban J connectivity index is 3.04. The topological polar surface area (TPSA) is 85.5 Å². The lowest BCUT2D eigenvalue weighted by Crippen LogP contribution is -2.23. The average Bonchev–Trinajstić information content (AvgIpc) is 2.34. The molecule has 17 heavy (non-hydrogen) atoms. The first-order chi connectivity index (χ1) is 8.13. The number of ether oxygens (including phenoxy) is 1. The van der Waals surface area contributed by atoms with Gasteiger partial charge in [0.2, 0.25) is 0 Å². The second-order valence-corrected chi connectivity index (χ2v) is 4.15. The maximum Gasteiger partial charge on any atom is 0.172 e. The highest BCUT2D eigenvalue weighted by Gasteiger charge is 2.15. The van der Waals surface area contributed by atoms with Crippen molar-refractivity contribution < 1.29 is 14.9 Å². The minimum absolute atomic E-state index is 0.00454. The smallest absolute Gasteiger partial charge is 0.172 e. The molecule has 1 aromatic carbocycles. The lowest BCUT2D eigenvalue weighted by molar-refractivity contribution is 0.289. The van der Waals surface area contributed by atoms with E-state index in [0.717, 1.165) is 0 Å². The van der Waals surface area contributed by atoms with Gasteiger partial charge < -0.3 is 14.9 Å². The van der Waals surface area contributed by atoms with Crippen LogP contribution in [0.5, 0.6) is 11.5 Å². The summed E-state index contributed by atoms with van der Waals surface area (Å²) in [5.41, 5.74) is 0.655. The molecular formula is C11H13BrN2O3. The molecule has 0 heterocycles. The van der Waals surface area contributed by atoms with Crippen LogP contribution in [0.1, 0.15) is 11.6 Å². The molecule has 0 aromatic heterocycles. The molecule has 0 saturated heterocycles. The van der Waals surface area contributed by atoms with E-state index in [-0.39, 0.29) is 12.4 Å². The second-order valence-electron chi connectivity index (χ2n) is 3.29. The molecule has 0 spiro atoms. The Bertz CT molecular complexity index is 431. The van der Waals surface area contributed by atoms with Crippen molar-refractivity contribution in [2.75, 3.05) is 20.3 Å². The van der Waals surface area contributed by atoms with E-state index in [1.54, 1.807) is 12.1 Å². The normalized spacial score (nSPS) is 11.9. The first-order valence-corrected chi connectivity index (χ1v) is 5.73. The molecule has 0 fully saturated rings. The first kappa shape index (κ1) is 13.8. The number of aromatic hydroxyl groups is 1. The molecule has 1 atom stereocenters. The zero-order valence-electron chi connectivity index (χ0n) is 9.27. The van der Waals surface area contributed by atoms with Gasteiger partial charge >= 0.3 is 0 Å². The number of phenols is 1. The fraction of sp³-hybridized carbons (Fsp3) is 0.364. The number of hydrogen-bond acceptors (Lipinski definition) is 5. The Morgan fingerprint density at radius 2 is 2.29 bits per heavy atom. The number of rotatable bonds is 5. The predicted molar refractivity (Wildman–Crippen MR) is 65.8 cm³/mol. The Morgan fingerprint density at radius 1 is 1.59 bits per heavy atom. The molecule has 0 bridgehead atoms. The van der Waals surface area contributed by atoms with Crippen LogP contribution < -0.4 is 10.1 Å². The fourth-order valence-electron chi connectivity index (χ4n) is 1.36. The number of aliphatic hydroxyl groups excluding tert-OH is 1. The van der Waals surface area contributed by atoms with Crippen LogP contribution in [0, 0.1) is 11.3 Å². The molecule has 0 saturated carbocycles. The van der Waals surface area contributed by atoms with Crippen LogP contribution in [-0.4, -0.2) is 30.5 Å². The fourth-order valence-corrected chi connectivity index (χ4v) is 1.82. The van der Waals surface area contributed by atoms with Gasteiger partial charge in [0.25, 0.3) is 0 Å². The summed E-state index contributed by atoms with van der Waals surface area (Å²) in [6.07, 6.45) is 0. The largest absolute Gasteiger partial charge is 0.503 e. The number of nitrogens with zero attached hydrogens (tertiary/aromatic N) is 1. The summed E-state index contributed by atoms with van der Waals surface area (Å²) in [7, 11) is 1.44. The van der Waals surface area contributed by atoms with E-state index in [0.29, 0.717) is 22.3 Å². The minimum Gasteiger partial charge on any atom is -0.503 e. The van der Waals surface area contributed by atoms with Crippen LogP contribution >= 0.6 is 15.9 Å². The van der Waals surface area contributed by atoms with E-state index in [2.05, 4.69) is 27.3 Å². The zero-order valence-corrected chi connectivity index (χ0v) is 10.9. The third-order valence-corrected chi connectivity index (χ3v) is 2.80. The van der Waals surface area contributed by atoms with Gasteiger partial charge in [0.1, 0.15) is 6.04 Å². The van der Waals surface area contributed by atoms with Gasteiger partial charge in [0.05, 0.1) is 24.3 Å². The third-order valence-electron chi connectivity index (χ3n) is 2.19. The van der Waals surface area contributed by atoms with Gasteiger partial charge in [-0.1, -0.05) is 0 Å². The summed E-state index contributed by atoms with van der Waals surface area (Å²) < 4.78 is 5.46. The van der Waals surface area contributed by atoms with Crippen LogP contribution in [0.25, 0.3) is 0 Å². The van der Waals surface area contributed by atoms with Crippen molar-refractivity contribution in [3.8, 4) is 17.6 Å². The molecule has 0 aliphatic rings. The Kier molecular flexibility index (Phi) is 5.22. The summed E-state index contributed by atoms with van der Waals surface area (Å²) in [4.78, 5) is 0. The molecule has 3 N–H and O–H groups in total. The minimum atomic E-state index is -0.562. The van der Waals surface area contributed by atoms with Crippen LogP contribution in [0.2, 0.25) is 0 Å². The van der Waals surface area contributed by atoms with Gasteiger partial charge in [0.15, 0.2) is 11.5 Å². The summed E-state index contributed by atoms with van der Waals surface area (Å²) >= 11 is 3.19. The maximum atomic E-state index is 9.64. The van der Waals surface area contributed by atoms with Crippen molar-refractivity contribution in [3.05, 3.63) is 22.2 Å². The Morgan fingerprint density at radius 3 is 2.82 bits per heavy atom. The van der Waals surface area contributed by atoms with Crippen molar-refractivity contribution in [2.24, 2.45) is 0 Å². The number of benzene rings is 1. The monoisotopic (exact) mass is 300 g/mol. The standard InChI is InChI=1S/C11H13BrN2O3/c1-17-10-5-7(4-8(12)11(10)16)9(6-13)14-2-3-15/h4-5,9,14-16H,2-3H2,1H3. The highest BCUT2D eigenvalue weighted by molar-refractivity contribution is 9.10. The van der Waals surface area contributed by atoms with Crippen molar-refractivity contribution in [2.45, 2.75) is 6.04 Å². The molecule has 92 valence electrons. The molecule has 0 aliphatic carbocycles. The van der Waals surface area contributed by atoms with E-state index >= 15 is 0 Å². The van der Waals surface area contributed by atoms with Crippen LogP contribution in [0.3, 0.4) is 0 Å². The van der Waals surface area contributed by atoms with Crippen molar-refractivity contribution in [3.63, 3.8) is 0 Å². The molecular weight excluding hydrogens is 288 g/mol. The number of hydrogen-bond donors (Lipinski definition) is 3. The van der Waals surface area contributed by atoms with Crippen LogP contribution in [-0.2, 0) is 0 Å². The van der Waals surface area contributed by atoms with Gasteiger partial charge in [-0.2, -0.15) is 5.26 Å². The molecule has 1 rings (SSSR count). The number of methoxy groups -OCH3 is 1. The van der Waals surface area contributed by atoms with Crippen molar-refractivity contribution >= 4 is 15.9 Å². The summed E-state index contributed by atoms with van der Waals surface area (Å²) in [5.74, 6) is 0.288. The van der Waals surface area contributed by atoms with E-state index in [1.165, 1.54) is 7.11 Å². The Hall–Kier alpha value is -1.29. The number of phenolic OH excluding ortho intramolecular Hbond substituents is 1. The average molecular weight is 301 g/mol. The van der Waals surface area contributed by atoms with E-state index in [1.807, 2.05) is 0 Å².